The molecule has 1 aromatic heterocycles. The molecule has 0 aliphatic carbocycles. The second-order valence-electron chi connectivity index (χ2n) is 5.82. The van der Waals surface area contributed by atoms with Gasteiger partial charge in [0.25, 0.3) is 5.91 Å². The van der Waals surface area contributed by atoms with Gasteiger partial charge in [-0.1, -0.05) is 12.1 Å². The maximum absolute atomic E-state index is 12.0. The highest BCUT2D eigenvalue weighted by molar-refractivity contribution is 6.01. The fraction of sp³-hybridized carbons (Fsp3) is 0.278. The number of nitrogens with one attached hydrogen (secondary N) is 2. The largest absolute Gasteiger partial charge is 0.355 e. The molecule has 0 saturated carbocycles. The summed E-state index contributed by atoms with van der Waals surface area (Å²) in [6.45, 7) is 1.64. The first-order valence-corrected chi connectivity index (χ1v) is 7.96. The molecule has 25 heavy (non-hydrogen) atoms. The molecule has 7 heteroatoms. The van der Waals surface area contributed by atoms with Gasteiger partial charge in [-0.3, -0.25) is 14.3 Å². The summed E-state index contributed by atoms with van der Waals surface area (Å²) in [6.07, 6.45) is 6.57. The van der Waals surface area contributed by atoms with Gasteiger partial charge < -0.3 is 15.5 Å². The van der Waals surface area contributed by atoms with E-state index in [1.807, 2.05) is 14.1 Å². The molecule has 2 rings (SSSR count). The van der Waals surface area contributed by atoms with E-state index >= 15 is 0 Å². The highest BCUT2D eigenvalue weighted by atomic mass is 16.2. The van der Waals surface area contributed by atoms with Gasteiger partial charge in [-0.25, -0.2) is 0 Å². The molecule has 0 aliphatic heterocycles. The van der Waals surface area contributed by atoms with Crippen LogP contribution in [0.1, 0.15) is 15.9 Å². The normalized spacial score (nSPS) is 11.0. The summed E-state index contributed by atoms with van der Waals surface area (Å²) in [4.78, 5) is 25.5. The van der Waals surface area contributed by atoms with E-state index in [2.05, 4.69) is 20.6 Å². The predicted octanol–water partition coefficient (Wildman–Crippen LogP) is 1.46. The van der Waals surface area contributed by atoms with Crippen LogP contribution in [0.5, 0.6) is 0 Å². The molecule has 0 fully saturated rings. The van der Waals surface area contributed by atoms with Crippen molar-refractivity contribution in [2.45, 2.75) is 6.54 Å². The van der Waals surface area contributed by atoms with E-state index in [0.717, 1.165) is 18.7 Å². The van der Waals surface area contributed by atoms with Crippen LogP contribution in [-0.4, -0.2) is 54.2 Å². The third kappa shape index (κ3) is 5.89. The van der Waals surface area contributed by atoms with Crippen molar-refractivity contribution in [3.05, 3.63) is 53.9 Å². The van der Waals surface area contributed by atoms with Crippen molar-refractivity contribution in [1.82, 2.24) is 20.0 Å². The fourth-order valence-electron chi connectivity index (χ4n) is 2.10. The van der Waals surface area contributed by atoms with E-state index in [4.69, 9.17) is 0 Å². The van der Waals surface area contributed by atoms with Crippen molar-refractivity contribution in [2.75, 3.05) is 33.0 Å². The molecule has 2 N–H and O–H groups in total. The first-order valence-electron chi connectivity index (χ1n) is 7.96. The first kappa shape index (κ1) is 18.4. The van der Waals surface area contributed by atoms with Gasteiger partial charge in [-0.2, -0.15) is 5.10 Å². The van der Waals surface area contributed by atoms with Crippen molar-refractivity contribution in [2.24, 2.45) is 0 Å². The number of rotatable bonds is 7. The second kappa shape index (κ2) is 8.79. The van der Waals surface area contributed by atoms with Crippen LogP contribution in [-0.2, 0) is 11.3 Å². The summed E-state index contributed by atoms with van der Waals surface area (Å²) in [5.74, 6) is -0.373. The van der Waals surface area contributed by atoms with Gasteiger partial charge in [0.05, 0.1) is 18.4 Å². The van der Waals surface area contributed by atoms with Gasteiger partial charge in [-0.15, -0.1) is 0 Å². The highest BCUT2D eigenvalue weighted by Gasteiger charge is 2.03. The molecule has 2 aromatic rings. The van der Waals surface area contributed by atoms with Crippen molar-refractivity contribution < 1.29 is 9.59 Å². The molecule has 132 valence electrons. The zero-order chi connectivity index (χ0) is 18.2. The number of aromatic nitrogens is 2. The van der Waals surface area contributed by atoms with Gasteiger partial charge in [-0.05, 0) is 37.9 Å². The molecule has 1 heterocycles. The average molecular weight is 341 g/mol. The molecule has 1 aromatic carbocycles. The van der Waals surface area contributed by atoms with Crippen molar-refractivity contribution in [3.63, 3.8) is 0 Å². The Bertz CT molecular complexity index is 747. The summed E-state index contributed by atoms with van der Waals surface area (Å²) >= 11 is 0. The lowest BCUT2D eigenvalue weighted by molar-refractivity contribution is -0.111. The van der Waals surface area contributed by atoms with E-state index in [-0.39, 0.29) is 11.8 Å². The molecule has 0 atom stereocenters. The zero-order valence-electron chi connectivity index (χ0n) is 14.7. The van der Waals surface area contributed by atoms with Crippen LogP contribution < -0.4 is 10.6 Å². The number of likely N-dealkylation sites (N-methyl/N-ethyl adjacent to an activating group) is 1. The smallest absolute Gasteiger partial charge is 0.251 e. The molecule has 7 nitrogen and oxygen atoms in total. The third-order valence-corrected chi connectivity index (χ3v) is 3.50. The number of hydrogen-bond donors (Lipinski definition) is 2. The molecule has 0 aliphatic rings. The minimum absolute atomic E-state index is 0.139. The molecule has 0 radical (unpaired) electrons. The number of carbonyl (C=O) groups excluding carboxylic acids is 2. The number of benzene rings is 1. The molecule has 0 unspecified atom stereocenters. The minimum atomic E-state index is -0.234. The standard InChI is InChI=1S/C18H23N5O2/c1-19-18(25)15-7-4-14(5-8-15)6-9-17(24)21-16-12-20-23(13-16)11-10-22(2)3/h4-9,12-13H,10-11H2,1-3H3,(H,19,25)(H,21,24)/b9-6+. The van der Waals surface area contributed by atoms with Crippen molar-refractivity contribution >= 4 is 23.6 Å². The molecular formula is C18H23N5O2. The van der Waals surface area contributed by atoms with Gasteiger partial charge >= 0.3 is 0 Å². The molecule has 0 spiro atoms. The molecular weight excluding hydrogens is 318 g/mol. The van der Waals surface area contributed by atoms with Crippen LogP contribution in [0.3, 0.4) is 0 Å². The maximum Gasteiger partial charge on any atom is 0.251 e. The molecule has 2 amide bonds. The summed E-state index contributed by atoms with van der Waals surface area (Å²) in [5.41, 5.74) is 2.07. The highest BCUT2D eigenvalue weighted by Crippen LogP contribution is 2.08. The Kier molecular flexibility index (Phi) is 6.47. The van der Waals surface area contributed by atoms with Crippen molar-refractivity contribution in [1.29, 1.82) is 0 Å². The number of carbonyl (C=O) groups is 2. The summed E-state index contributed by atoms with van der Waals surface area (Å²) in [6, 6.07) is 7.00. The Morgan fingerprint density at radius 3 is 2.60 bits per heavy atom. The Balaban J connectivity index is 1.89. The fourth-order valence-corrected chi connectivity index (χ4v) is 2.10. The van der Waals surface area contributed by atoms with Crippen LogP contribution in [0, 0.1) is 0 Å². The van der Waals surface area contributed by atoms with Gasteiger partial charge in [0.15, 0.2) is 0 Å². The van der Waals surface area contributed by atoms with Gasteiger partial charge in [0.2, 0.25) is 5.91 Å². The van der Waals surface area contributed by atoms with Gasteiger partial charge in [0, 0.05) is 31.4 Å². The third-order valence-electron chi connectivity index (χ3n) is 3.50. The predicted molar refractivity (Wildman–Crippen MR) is 98.3 cm³/mol. The van der Waals surface area contributed by atoms with E-state index in [9.17, 15) is 9.59 Å². The summed E-state index contributed by atoms with van der Waals surface area (Å²) in [7, 11) is 5.58. The SMILES string of the molecule is CNC(=O)c1ccc(/C=C/C(=O)Nc2cnn(CCN(C)C)c2)cc1. The van der Waals surface area contributed by atoms with Crippen molar-refractivity contribution in [3.8, 4) is 0 Å². The lowest BCUT2D eigenvalue weighted by Crippen LogP contribution is -2.18. The van der Waals surface area contributed by atoms with Crippen LogP contribution in [0.2, 0.25) is 0 Å². The van der Waals surface area contributed by atoms with Crippen LogP contribution in [0.15, 0.2) is 42.7 Å². The first-order chi connectivity index (χ1) is 12.0. The number of nitrogens with zero attached hydrogens (tertiary/aromatic N) is 3. The van der Waals surface area contributed by atoms with E-state index in [1.165, 1.54) is 6.08 Å². The van der Waals surface area contributed by atoms with E-state index in [1.54, 1.807) is 54.5 Å². The lowest BCUT2D eigenvalue weighted by Gasteiger charge is -2.08. The average Bonchev–Trinajstić information content (AvgIpc) is 3.05. The zero-order valence-corrected chi connectivity index (χ0v) is 14.7. The van der Waals surface area contributed by atoms with Crippen LogP contribution in [0.25, 0.3) is 6.08 Å². The Morgan fingerprint density at radius 1 is 1.24 bits per heavy atom. The van der Waals surface area contributed by atoms with Crippen LogP contribution in [0.4, 0.5) is 5.69 Å². The number of anilines is 1. The molecule has 0 saturated heterocycles. The van der Waals surface area contributed by atoms with E-state index < -0.39 is 0 Å². The Labute approximate surface area is 147 Å². The second-order valence-corrected chi connectivity index (χ2v) is 5.82. The topological polar surface area (TPSA) is 79.3 Å². The Morgan fingerprint density at radius 2 is 1.96 bits per heavy atom. The number of hydrogen-bond acceptors (Lipinski definition) is 4. The Hall–Kier alpha value is -2.93. The summed E-state index contributed by atoms with van der Waals surface area (Å²) < 4.78 is 1.79. The van der Waals surface area contributed by atoms with Gasteiger partial charge in [0.1, 0.15) is 0 Å². The quantitative estimate of drug-likeness (QED) is 0.747. The molecule has 0 bridgehead atoms. The summed E-state index contributed by atoms with van der Waals surface area (Å²) in [5, 5.41) is 9.54. The maximum atomic E-state index is 12.0. The van der Waals surface area contributed by atoms with Crippen LogP contribution >= 0.6 is 0 Å². The minimum Gasteiger partial charge on any atom is -0.355 e. The lowest BCUT2D eigenvalue weighted by atomic mass is 10.1. The number of amides is 2. The monoisotopic (exact) mass is 341 g/mol. The van der Waals surface area contributed by atoms with E-state index in [0.29, 0.717) is 11.3 Å².